The highest BCUT2D eigenvalue weighted by Crippen LogP contribution is 2.26. The lowest BCUT2D eigenvalue weighted by Crippen LogP contribution is -2.44. The summed E-state index contributed by atoms with van der Waals surface area (Å²) < 4.78 is 32.8. The molecule has 0 heterocycles. The number of esters is 1. The summed E-state index contributed by atoms with van der Waals surface area (Å²) >= 11 is 5.90. The third-order valence-electron chi connectivity index (χ3n) is 4.29. The fraction of sp³-hybridized carbons (Fsp3) is 0.227. The predicted molar refractivity (Wildman–Crippen MR) is 125 cm³/mol. The standard InChI is InChI=1S/C22H24ClN3O6S/c1-4-13-26(18-11-9-17(23)10-12-18)33(30,31)19-8-6-7-16(14-19)21(28)32-15(3)20(27)25-22(29)24-5-2/h4,6-12,14-15H,1,5,13H2,2-3H3,(H2,24,25,27,29). The molecule has 176 valence electrons. The van der Waals surface area contributed by atoms with Crippen LogP contribution < -0.4 is 14.9 Å². The van der Waals surface area contributed by atoms with E-state index in [4.69, 9.17) is 16.3 Å². The van der Waals surface area contributed by atoms with Gasteiger partial charge in [-0.1, -0.05) is 23.7 Å². The molecule has 2 aromatic carbocycles. The van der Waals surface area contributed by atoms with Crippen LogP contribution in [0.3, 0.4) is 0 Å². The first kappa shape index (κ1) is 25.9. The molecular formula is C22H24ClN3O6S. The largest absolute Gasteiger partial charge is 0.449 e. The summed E-state index contributed by atoms with van der Waals surface area (Å²) in [5.41, 5.74) is 0.284. The average molecular weight is 494 g/mol. The summed E-state index contributed by atoms with van der Waals surface area (Å²) in [5.74, 6) is -1.75. The zero-order valence-corrected chi connectivity index (χ0v) is 19.7. The van der Waals surface area contributed by atoms with Crippen molar-refractivity contribution in [3.05, 3.63) is 71.8 Å². The third-order valence-corrected chi connectivity index (χ3v) is 6.34. The van der Waals surface area contributed by atoms with Crippen LogP contribution in [0.5, 0.6) is 0 Å². The molecule has 0 bridgehead atoms. The van der Waals surface area contributed by atoms with Gasteiger partial charge in [0.15, 0.2) is 6.10 Å². The van der Waals surface area contributed by atoms with Gasteiger partial charge < -0.3 is 10.1 Å². The van der Waals surface area contributed by atoms with E-state index in [1.165, 1.54) is 31.2 Å². The molecule has 0 spiro atoms. The first-order valence-electron chi connectivity index (χ1n) is 9.89. The first-order chi connectivity index (χ1) is 15.6. The number of halogens is 1. The molecule has 3 amide bonds. The van der Waals surface area contributed by atoms with Crippen molar-refractivity contribution >= 4 is 45.2 Å². The van der Waals surface area contributed by atoms with Crippen LogP contribution in [0.4, 0.5) is 10.5 Å². The van der Waals surface area contributed by atoms with Gasteiger partial charge in [-0.2, -0.15) is 0 Å². The lowest BCUT2D eigenvalue weighted by atomic mass is 10.2. The van der Waals surface area contributed by atoms with Crippen LogP contribution in [0.2, 0.25) is 5.02 Å². The Kier molecular flexibility index (Phi) is 9.01. The van der Waals surface area contributed by atoms with Gasteiger partial charge in [-0.25, -0.2) is 18.0 Å². The minimum atomic E-state index is -4.07. The van der Waals surface area contributed by atoms with Crippen LogP contribution in [-0.4, -0.2) is 45.5 Å². The van der Waals surface area contributed by atoms with E-state index >= 15 is 0 Å². The molecular weight excluding hydrogens is 470 g/mol. The first-order valence-corrected chi connectivity index (χ1v) is 11.7. The van der Waals surface area contributed by atoms with E-state index in [9.17, 15) is 22.8 Å². The zero-order valence-electron chi connectivity index (χ0n) is 18.1. The molecule has 0 aliphatic rings. The fourth-order valence-electron chi connectivity index (χ4n) is 2.68. The number of hydrogen-bond acceptors (Lipinski definition) is 6. The summed E-state index contributed by atoms with van der Waals surface area (Å²) in [5, 5.41) is 4.87. The van der Waals surface area contributed by atoms with Gasteiger partial charge in [-0.3, -0.25) is 14.4 Å². The molecule has 11 heteroatoms. The van der Waals surface area contributed by atoms with Crippen LogP contribution in [-0.2, 0) is 19.6 Å². The van der Waals surface area contributed by atoms with E-state index in [1.54, 1.807) is 31.2 Å². The molecule has 0 saturated carbocycles. The van der Waals surface area contributed by atoms with E-state index in [1.807, 2.05) is 5.32 Å². The number of anilines is 1. The SMILES string of the molecule is C=CCN(c1ccc(Cl)cc1)S(=O)(=O)c1cccc(C(=O)OC(C)C(=O)NC(=O)NCC)c1. The van der Waals surface area contributed by atoms with Crippen molar-refractivity contribution in [2.75, 3.05) is 17.4 Å². The van der Waals surface area contributed by atoms with Gasteiger partial charge >= 0.3 is 12.0 Å². The maximum absolute atomic E-state index is 13.3. The number of urea groups is 1. The number of amides is 3. The Morgan fingerprint density at radius 1 is 1.18 bits per heavy atom. The molecule has 0 radical (unpaired) electrons. The molecule has 1 atom stereocenters. The monoisotopic (exact) mass is 493 g/mol. The maximum Gasteiger partial charge on any atom is 0.338 e. The number of nitrogens with one attached hydrogen (secondary N) is 2. The second-order valence-corrected chi connectivity index (χ2v) is 9.02. The summed E-state index contributed by atoms with van der Waals surface area (Å²) in [6.07, 6.45) is 0.144. The molecule has 1 unspecified atom stereocenters. The van der Waals surface area contributed by atoms with Crippen LogP contribution in [0.1, 0.15) is 24.2 Å². The Labute approximate surface area is 197 Å². The minimum Gasteiger partial charge on any atom is -0.449 e. The highest BCUT2D eigenvalue weighted by Gasteiger charge is 2.26. The second-order valence-electron chi connectivity index (χ2n) is 6.73. The maximum atomic E-state index is 13.3. The molecule has 0 aromatic heterocycles. The van der Waals surface area contributed by atoms with Crippen molar-refractivity contribution in [2.45, 2.75) is 24.8 Å². The fourth-order valence-corrected chi connectivity index (χ4v) is 4.29. The van der Waals surface area contributed by atoms with Gasteiger partial charge in [0.25, 0.3) is 15.9 Å². The molecule has 9 nitrogen and oxygen atoms in total. The molecule has 0 fully saturated rings. The summed E-state index contributed by atoms with van der Waals surface area (Å²) in [4.78, 5) is 35.8. The Balaban J connectivity index is 2.25. The highest BCUT2D eigenvalue weighted by atomic mass is 35.5. The van der Waals surface area contributed by atoms with Crippen molar-refractivity contribution in [2.24, 2.45) is 0 Å². The van der Waals surface area contributed by atoms with Crippen molar-refractivity contribution < 1.29 is 27.5 Å². The Morgan fingerprint density at radius 3 is 2.45 bits per heavy atom. The van der Waals surface area contributed by atoms with Crippen molar-refractivity contribution in [1.82, 2.24) is 10.6 Å². The van der Waals surface area contributed by atoms with Crippen LogP contribution >= 0.6 is 11.6 Å². The smallest absolute Gasteiger partial charge is 0.338 e. The lowest BCUT2D eigenvalue weighted by Gasteiger charge is -2.23. The number of rotatable bonds is 9. The Hall–Kier alpha value is -3.37. The number of carbonyl (C=O) groups is 3. The lowest BCUT2D eigenvalue weighted by molar-refractivity contribution is -0.127. The number of imide groups is 1. The average Bonchev–Trinajstić information content (AvgIpc) is 2.78. The van der Waals surface area contributed by atoms with Crippen LogP contribution in [0.25, 0.3) is 0 Å². The Bertz CT molecular complexity index is 1140. The Morgan fingerprint density at radius 2 is 1.85 bits per heavy atom. The van der Waals surface area contributed by atoms with Gasteiger partial charge in [0.05, 0.1) is 22.7 Å². The minimum absolute atomic E-state index is 0.0182. The van der Waals surface area contributed by atoms with Gasteiger partial charge in [0, 0.05) is 11.6 Å². The highest BCUT2D eigenvalue weighted by molar-refractivity contribution is 7.92. The quantitative estimate of drug-likeness (QED) is 0.409. The molecule has 2 aromatic rings. The van der Waals surface area contributed by atoms with Crippen LogP contribution in [0, 0.1) is 0 Å². The van der Waals surface area contributed by atoms with Crippen molar-refractivity contribution in [3.8, 4) is 0 Å². The van der Waals surface area contributed by atoms with E-state index in [0.717, 1.165) is 10.4 Å². The van der Waals surface area contributed by atoms with Gasteiger partial charge in [-0.05, 0) is 56.3 Å². The van der Waals surface area contributed by atoms with Gasteiger partial charge in [0.2, 0.25) is 0 Å². The van der Waals surface area contributed by atoms with E-state index < -0.39 is 34.0 Å². The number of nitrogens with zero attached hydrogens (tertiary/aromatic N) is 1. The van der Waals surface area contributed by atoms with Gasteiger partial charge in [-0.15, -0.1) is 6.58 Å². The summed E-state index contributed by atoms with van der Waals surface area (Å²) in [6, 6.07) is 10.7. The topological polar surface area (TPSA) is 122 Å². The molecule has 0 saturated heterocycles. The van der Waals surface area contributed by atoms with Crippen molar-refractivity contribution in [1.29, 1.82) is 0 Å². The molecule has 0 aliphatic carbocycles. The second kappa shape index (κ2) is 11.5. The van der Waals surface area contributed by atoms with E-state index in [0.29, 0.717) is 17.3 Å². The normalized spacial score (nSPS) is 11.7. The number of ether oxygens (including phenoxy) is 1. The summed E-state index contributed by atoms with van der Waals surface area (Å²) in [7, 11) is -4.07. The van der Waals surface area contributed by atoms with Gasteiger partial charge in [0.1, 0.15) is 0 Å². The van der Waals surface area contributed by atoms with E-state index in [-0.39, 0.29) is 17.0 Å². The molecule has 33 heavy (non-hydrogen) atoms. The summed E-state index contributed by atoms with van der Waals surface area (Å²) in [6.45, 7) is 6.87. The number of hydrogen-bond donors (Lipinski definition) is 2. The molecule has 2 N–H and O–H groups in total. The van der Waals surface area contributed by atoms with Crippen LogP contribution in [0.15, 0.2) is 66.1 Å². The molecule has 2 rings (SSSR count). The van der Waals surface area contributed by atoms with E-state index in [2.05, 4.69) is 11.9 Å². The third kappa shape index (κ3) is 6.80. The number of carbonyl (C=O) groups excluding carboxylic acids is 3. The number of sulfonamides is 1. The predicted octanol–water partition coefficient (Wildman–Crippen LogP) is 3.11. The number of benzene rings is 2. The molecule has 0 aliphatic heterocycles. The van der Waals surface area contributed by atoms with Crippen molar-refractivity contribution in [3.63, 3.8) is 0 Å². The zero-order chi connectivity index (χ0) is 24.6.